The van der Waals surface area contributed by atoms with Crippen LogP contribution in [0.5, 0.6) is 0 Å². The number of nitrogens with zero attached hydrogens (tertiary/aromatic N) is 3. The molecule has 146 valence electrons. The Morgan fingerprint density at radius 3 is 2.62 bits per heavy atom. The summed E-state index contributed by atoms with van der Waals surface area (Å²) in [7, 11) is 0. The summed E-state index contributed by atoms with van der Waals surface area (Å²) in [4.78, 5) is 41.4. The minimum atomic E-state index is -0.304. The normalized spacial score (nSPS) is 11.3. The van der Waals surface area contributed by atoms with Crippen molar-refractivity contribution < 1.29 is 4.79 Å². The average Bonchev–Trinajstić information content (AvgIpc) is 2.71. The van der Waals surface area contributed by atoms with Crippen molar-refractivity contribution in [2.24, 2.45) is 0 Å². The van der Waals surface area contributed by atoms with E-state index in [1.165, 1.54) is 6.33 Å². The van der Waals surface area contributed by atoms with Gasteiger partial charge in [0.05, 0.1) is 34.7 Å². The van der Waals surface area contributed by atoms with E-state index in [9.17, 15) is 14.4 Å². The Kier molecular flexibility index (Phi) is 4.67. The van der Waals surface area contributed by atoms with E-state index in [-0.39, 0.29) is 29.5 Å². The maximum Gasteiger partial charge on any atom is 0.272 e. The van der Waals surface area contributed by atoms with Gasteiger partial charge in [-0.3, -0.25) is 19.0 Å². The van der Waals surface area contributed by atoms with Crippen LogP contribution in [0.3, 0.4) is 0 Å². The van der Waals surface area contributed by atoms with Crippen LogP contribution in [0.25, 0.3) is 21.7 Å². The number of benzene rings is 2. The van der Waals surface area contributed by atoms with Crippen molar-refractivity contribution in [1.29, 1.82) is 0 Å². The van der Waals surface area contributed by atoms with E-state index in [2.05, 4.69) is 20.5 Å². The van der Waals surface area contributed by atoms with E-state index >= 15 is 0 Å². The SMILES string of the molecule is CC(C)n1cnc2ccc(NC(=O)Cc3n[nH]c(=O)c4ccccc34)cc2c1=O. The van der Waals surface area contributed by atoms with Crippen LogP contribution in [-0.2, 0) is 11.2 Å². The van der Waals surface area contributed by atoms with Gasteiger partial charge in [0.1, 0.15) is 0 Å². The number of aromatic amines is 1. The maximum absolute atomic E-state index is 12.6. The second-order valence-electron chi connectivity index (χ2n) is 7.05. The first-order valence-corrected chi connectivity index (χ1v) is 9.21. The van der Waals surface area contributed by atoms with Gasteiger partial charge < -0.3 is 5.32 Å². The zero-order valence-corrected chi connectivity index (χ0v) is 16.0. The van der Waals surface area contributed by atoms with Crippen LogP contribution in [0.1, 0.15) is 25.6 Å². The van der Waals surface area contributed by atoms with Gasteiger partial charge in [0.15, 0.2) is 0 Å². The molecule has 0 fully saturated rings. The molecule has 4 aromatic rings. The second kappa shape index (κ2) is 7.31. The lowest BCUT2D eigenvalue weighted by Crippen LogP contribution is -2.22. The van der Waals surface area contributed by atoms with E-state index in [0.29, 0.717) is 33.1 Å². The van der Waals surface area contributed by atoms with Gasteiger partial charge in [0.2, 0.25) is 5.91 Å². The van der Waals surface area contributed by atoms with Gasteiger partial charge in [-0.25, -0.2) is 10.1 Å². The molecule has 2 N–H and O–H groups in total. The van der Waals surface area contributed by atoms with Gasteiger partial charge in [-0.15, -0.1) is 0 Å². The molecule has 0 atom stereocenters. The summed E-state index contributed by atoms with van der Waals surface area (Å²) in [5.74, 6) is -0.304. The molecule has 2 heterocycles. The number of hydrogen-bond acceptors (Lipinski definition) is 5. The minimum Gasteiger partial charge on any atom is -0.326 e. The number of carbonyl (C=O) groups excluding carboxylic acids is 1. The molecular formula is C21H19N5O3. The van der Waals surface area contributed by atoms with E-state index in [0.717, 1.165) is 0 Å². The van der Waals surface area contributed by atoms with Crippen LogP contribution in [0.15, 0.2) is 58.4 Å². The molecule has 1 amide bonds. The van der Waals surface area contributed by atoms with Crippen molar-refractivity contribution in [2.75, 3.05) is 5.32 Å². The quantitative estimate of drug-likeness (QED) is 0.557. The smallest absolute Gasteiger partial charge is 0.272 e. The van der Waals surface area contributed by atoms with E-state index in [1.54, 1.807) is 47.0 Å². The Morgan fingerprint density at radius 2 is 1.86 bits per heavy atom. The molecule has 8 nitrogen and oxygen atoms in total. The molecule has 0 radical (unpaired) electrons. The summed E-state index contributed by atoms with van der Waals surface area (Å²) in [5, 5.41) is 10.8. The van der Waals surface area contributed by atoms with Crippen LogP contribution in [-0.4, -0.2) is 25.7 Å². The van der Waals surface area contributed by atoms with Crippen molar-refractivity contribution in [3.63, 3.8) is 0 Å². The van der Waals surface area contributed by atoms with Gasteiger partial charge in [-0.2, -0.15) is 5.10 Å². The molecule has 4 rings (SSSR count). The number of fused-ring (bicyclic) bond motifs is 2. The van der Waals surface area contributed by atoms with E-state index < -0.39 is 0 Å². The van der Waals surface area contributed by atoms with Crippen molar-refractivity contribution in [3.8, 4) is 0 Å². The molecule has 0 aliphatic heterocycles. The van der Waals surface area contributed by atoms with Crippen LogP contribution < -0.4 is 16.4 Å². The largest absolute Gasteiger partial charge is 0.326 e. The molecule has 0 saturated carbocycles. The number of rotatable bonds is 4. The van der Waals surface area contributed by atoms with Crippen molar-refractivity contribution in [1.82, 2.24) is 19.7 Å². The highest BCUT2D eigenvalue weighted by atomic mass is 16.2. The number of hydrogen-bond donors (Lipinski definition) is 2. The van der Waals surface area contributed by atoms with Crippen molar-refractivity contribution >= 4 is 33.3 Å². The summed E-state index contributed by atoms with van der Waals surface area (Å²) >= 11 is 0. The molecule has 0 aliphatic rings. The Hall–Kier alpha value is -3.81. The minimum absolute atomic E-state index is 0.0153. The Balaban J connectivity index is 1.63. The summed E-state index contributed by atoms with van der Waals surface area (Å²) in [6, 6.07) is 12.0. The lowest BCUT2D eigenvalue weighted by atomic mass is 10.1. The number of carbonyl (C=O) groups is 1. The fraction of sp³-hybridized carbons (Fsp3) is 0.190. The first kappa shape index (κ1) is 18.5. The van der Waals surface area contributed by atoms with Crippen LogP contribution >= 0.6 is 0 Å². The first-order chi connectivity index (χ1) is 13.9. The Labute approximate surface area is 165 Å². The standard InChI is InChI=1S/C21H19N5O3/c1-12(2)26-11-22-17-8-7-13(9-16(17)21(26)29)23-19(27)10-18-14-5-3-4-6-15(14)20(28)25-24-18/h3-9,11-12H,10H2,1-2H3,(H,23,27)(H,25,28). The molecule has 2 aromatic carbocycles. The monoisotopic (exact) mass is 389 g/mol. The number of H-pyrrole nitrogens is 1. The maximum atomic E-state index is 12.6. The zero-order chi connectivity index (χ0) is 20.5. The lowest BCUT2D eigenvalue weighted by Gasteiger charge is -2.11. The summed E-state index contributed by atoms with van der Waals surface area (Å²) in [5.41, 5.74) is 1.08. The highest BCUT2D eigenvalue weighted by Gasteiger charge is 2.12. The Bertz CT molecular complexity index is 1350. The lowest BCUT2D eigenvalue weighted by molar-refractivity contribution is -0.115. The van der Waals surface area contributed by atoms with Gasteiger partial charge >= 0.3 is 0 Å². The molecule has 0 spiro atoms. The van der Waals surface area contributed by atoms with Crippen LogP contribution in [0.4, 0.5) is 5.69 Å². The number of anilines is 1. The highest BCUT2D eigenvalue weighted by molar-refractivity contribution is 5.96. The first-order valence-electron chi connectivity index (χ1n) is 9.21. The van der Waals surface area contributed by atoms with Gasteiger partial charge in [0.25, 0.3) is 11.1 Å². The topological polar surface area (TPSA) is 110 Å². The zero-order valence-electron chi connectivity index (χ0n) is 16.0. The number of nitrogens with one attached hydrogen (secondary N) is 2. The van der Waals surface area contributed by atoms with Gasteiger partial charge in [0, 0.05) is 17.1 Å². The Morgan fingerprint density at radius 1 is 1.10 bits per heavy atom. The molecule has 2 aromatic heterocycles. The van der Waals surface area contributed by atoms with Crippen molar-refractivity contribution in [3.05, 3.63) is 75.2 Å². The predicted molar refractivity (Wildman–Crippen MR) is 111 cm³/mol. The van der Waals surface area contributed by atoms with Crippen molar-refractivity contribution in [2.45, 2.75) is 26.3 Å². The fourth-order valence-electron chi connectivity index (χ4n) is 3.24. The molecule has 29 heavy (non-hydrogen) atoms. The molecule has 0 unspecified atom stereocenters. The predicted octanol–water partition coefficient (Wildman–Crippen LogP) is 2.40. The van der Waals surface area contributed by atoms with Gasteiger partial charge in [-0.1, -0.05) is 18.2 Å². The molecular weight excluding hydrogens is 370 g/mol. The molecule has 0 aliphatic carbocycles. The average molecular weight is 389 g/mol. The van der Waals surface area contributed by atoms with Crippen LogP contribution in [0.2, 0.25) is 0 Å². The second-order valence-corrected chi connectivity index (χ2v) is 7.05. The summed E-state index contributed by atoms with van der Waals surface area (Å²) < 4.78 is 1.55. The third-order valence-corrected chi connectivity index (χ3v) is 4.73. The third-order valence-electron chi connectivity index (χ3n) is 4.73. The fourth-order valence-corrected chi connectivity index (χ4v) is 3.24. The summed E-state index contributed by atoms with van der Waals surface area (Å²) in [6.07, 6.45) is 1.51. The summed E-state index contributed by atoms with van der Waals surface area (Å²) in [6.45, 7) is 3.81. The highest BCUT2D eigenvalue weighted by Crippen LogP contribution is 2.17. The molecule has 8 heteroatoms. The van der Waals surface area contributed by atoms with E-state index in [4.69, 9.17) is 0 Å². The van der Waals surface area contributed by atoms with E-state index in [1.807, 2.05) is 13.8 Å². The molecule has 0 bridgehead atoms. The number of aromatic nitrogens is 4. The molecule has 0 saturated heterocycles. The van der Waals surface area contributed by atoms with Gasteiger partial charge in [-0.05, 0) is 38.1 Å². The third kappa shape index (κ3) is 3.52. The number of amides is 1. The van der Waals surface area contributed by atoms with Crippen LogP contribution in [0, 0.1) is 0 Å².